The van der Waals surface area contributed by atoms with Gasteiger partial charge < -0.3 is 16.6 Å². The molecule has 9 heteroatoms. The smallest absolute Gasteiger partial charge is 0.303 e. The number of carboxylic acid groups (broad SMARTS) is 1. The van der Waals surface area contributed by atoms with Gasteiger partial charge in [-0.25, -0.2) is 13.4 Å². The Balaban J connectivity index is 1.92. The van der Waals surface area contributed by atoms with Crippen LogP contribution in [0.25, 0.3) is 11.1 Å². The van der Waals surface area contributed by atoms with E-state index in [2.05, 4.69) is 4.99 Å². The lowest BCUT2D eigenvalue weighted by Crippen LogP contribution is -2.26. The standard InChI is InChI=1S/C23H24N4O4S/c1-27(32(30,31)20-12-10-18(11-13-20)26-23(24)25)19-7-4-6-17(15-19)21-8-3-2-5-16(21)9-14-22(28)29/h2-8,10-13,15H,9,14H2,1H3,(H,28,29)(H4,24,25,26). The fourth-order valence-corrected chi connectivity index (χ4v) is 4.46. The third-order valence-corrected chi connectivity index (χ3v) is 6.70. The summed E-state index contributed by atoms with van der Waals surface area (Å²) in [7, 11) is -2.34. The fourth-order valence-electron chi connectivity index (χ4n) is 3.27. The zero-order valence-corrected chi connectivity index (χ0v) is 18.3. The summed E-state index contributed by atoms with van der Waals surface area (Å²) in [4.78, 5) is 15.0. The summed E-state index contributed by atoms with van der Waals surface area (Å²) < 4.78 is 27.5. The number of carbonyl (C=O) groups is 1. The molecular weight excluding hydrogens is 428 g/mol. The van der Waals surface area contributed by atoms with Crippen LogP contribution in [0.2, 0.25) is 0 Å². The Morgan fingerprint density at radius 2 is 1.69 bits per heavy atom. The van der Waals surface area contributed by atoms with Crippen LogP contribution in [-0.4, -0.2) is 32.5 Å². The summed E-state index contributed by atoms with van der Waals surface area (Å²) in [5.41, 5.74) is 14.2. The van der Waals surface area contributed by atoms with E-state index in [4.69, 9.17) is 16.6 Å². The number of benzene rings is 3. The molecule has 0 aliphatic carbocycles. The highest BCUT2D eigenvalue weighted by atomic mass is 32.2. The first-order valence-electron chi connectivity index (χ1n) is 9.77. The van der Waals surface area contributed by atoms with Crippen molar-refractivity contribution in [1.29, 1.82) is 0 Å². The summed E-state index contributed by atoms with van der Waals surface area (Å²) >= 11 is 0. The maximum absolute atomic E-state index is 13.1. The second-order valence-corrected chi connectivity index (χ2v) is 9.07. The normalized spacial score (nSPS) is 11.0. The molecular formula is C23H24N4O4S. The third kappa shape index (κ3) is 5.25. The SMILES string of the molecule is CN(c1cccc(-c2ccccc2CCC(=O)O)c1)S(=O)(=O)c1ccc(N=C(N)N)cc1. The molecule has 0 unspecified atom stereocenters. The molecule has 0 aliphatic heterocycles. The molecule has 0 spiro atoms. The zero-order valence-electron chi connectivity index (χ0n) is 17.5. The van der Waals surface area contributed by atoms with Crippen LogP contribution in [0.1, 0.15) is 12.0 Å². The minimum atomic E-state index is -3.82. The van der Waals surface area contributed by atoms with Gasteiger partial charge >= 0.3 is 5.97 Å². The van der Waals surface area contributed by atoms with Gasteiger partial charge in [0.25, 0.3) is 10.0 Å². The van der Waals surface area contributed by atoms with E-state index in [1.807, 2.05) is 30.3 Å². The number of aliphatic imine (C=N–C) groups is 1. The molecule has 3 rings (SSSR count). The molecule has 0 bridgehead atoms. The van der Waals surface area contributed by atoms with Crippen LogP contribution < -0.4 is 15.8 Å². The van der Waals surface area contributed by atoms with Crippen molar-refractivity contribution in [2.45, 2.75) is 17.7 Å². The maximum atomic E-state index is 13.1. The number of hydrogen-bond donors (Lipinski definition) is 3. The van der Waals surface area contributed by atoms with Crippen LogP contribution in [0.4, 0.5) is 11.4 Å². The first-order valence-corrected chi connectivity index (χ1v) is 11.2. The van der Waals surface area contributed by atoms with Crippen LogP contribution in [-0.2, 0) is 21.2 Å². The molecule has 0 amide bonds. The predicted molar refractivity (Wildman–Crippen MR) is 125 cm³/mol. The first-order chi connectivity index (χ1) is 15.2. The molecule has 0 aliphatic rings. The number of aliphatic carboxylic acids is 1. The highest BCUT2D eigenvalue weighted by Crippen LogP contribution is 2.30. The number of nitrogens with two attached hydrogens (primary N) is 2. The molecule has 0 saturated carbocycles. The van der Waals surface area contributed by atoms with Gasteiger partial charge in [-0.1, -0.05) is 36.4 Å². The van der Waals surface area contributed by atoms with Crippen molar-refractivity contribution in [3.8, 4) is 11.1 Å². The Kier molecular flexibility index (Phi) is 6.79. The number of sulfonamides is 1. The number of aryl methyl sites for hydroxylation is 1. The molecule has 0 heterocycles. The highest BCUT2D eigenvalue weighted by molar-refractivity contribution is 7.92. The van der Waals surface area contributed by atoms with Crippen LogP contribution in [0.3, 0.4) is 0 Å². The lowest BCUT2D eigenvalue weighted by Gasteiger charge is -2.21. The van der Waals surface area contributed by atoms with E-state index in [1.165, 1.54) is 35.6 Å². The predicted octanol–water partition coefficient (Wildman–Crippen LogP) is 3.10. The Morgan fingerprint density at radius 1 is 1.00 bits per heavy atom. The number of rotatable bonds is 8. The highest BCUT2D eigenvalue weighted by Gasteiger charge is 2.22. The van der Waals surface area contributed by atoms with Crippen molar-refractivity contribution in [2.75, 3.05) is 11.4 Å². The van der Waals surface area contributed by atoms with Crippen molar-refractivity contribution >= 4 is 33.3 Å². The Hall–Kier alpha value is -3.85. The van der Waals surface area contributed by atoms with E-state index in [0.29, 0.717) is 17.8 Å². The van der Waals surface area contributed by atoms with Crippen LogP contribution in [0.5, 0.6) is 0 Å². The molecule has 8 nitrogen and oxygen atoms in total. The summed E-state index contributed by atoms with van der Waals surface area (Å²) in [5, 5.41) is 9.02. The van der Waals surface area contributed by atoms with E-state index >= 15 is 0 Å². The van der Waals surface area contributed by atoms with E-state index in [-0.39, 0.29) is 17.3 Å². The first kappa shape index (κ1) is 22.8. The molecule has 32 heavy (non-hydrogen) atoms. The molecule has 166 valence electrons. The number of hydrogen-bond acceptors (Lipinski definition) is 4. The third-order valence-electron chi connectivity index (χ3n) is 4.90. The molecule has 0 aromatic heterocycles. The van der Waals surface area contributed by atoms with Crippen molar-refractivity contribution in [3.05, 3.63) is 78.4 Å². The van der Waals surface area contributed by atoms with Crippen molar-refractivity contribution in [2.24, 2.45) is 16.5 Å². The summed E-state index contributed by atoms with van der Waals surface area (Å²) in [6, 6.07) is 20.5. The van der Waals surface area contributed by atoms with Gasteiger partial charge in [0.2, 0.25) is 0 Å². The number of nitrogens with zero attached hydrogens (tertiary/aromatic N) is 2. The Bertz CT molecular complexity index is 1250. The van der Waals surface area contributed by atoms with Crippen LogP contribution in [0, 0.1) is 0 Å². The van der Waals surface area contributed by atoms with Gasteiger partial charge in [-0.3, -0.25) is 9.10 Å². The summed E-state index contributed by atoms with van der Waals surface area (Å²) in [6.45, 7) is 0. The van der Waals surface area contributed by atoms with E-state index < -0.39 is 16.0 Å². The van der Waals surface area contributed by atoms with Gasteiger partial charge in [-0.2, -0.15) is 0 Å². The summed E-state index contributed by atoms with van der Waals surface area (Å²) in [5.74, 6) is -0.983. The minimum absolute atomic E-state index is 0.0147. The quantitative estimate of drug-likeness (QED) is 0.354. The molecule has 0 atom stereocenters. The molecule has 0 radical (unpaired) electrons. The second-order valence-electron chi connectivity index (χ2n) is 7.10. The Morgan fingerprint density at radius 3 is 2.34 bits per heavy atom. The average Bonchev–Trinajstić information content (AvgIpc) is 2.77. The largest absolute Gasteiger partial charge is 0.481 e. The number of guanidine groups is 1. The minimum Gasteiger partial charge on any atom is -0.481 e. The average molecular weight is 453 g/mol. The van der Waals surface area contributed by atoms with E-state index in [9.17, 15) is 13.2 Å². The topological polar surface area (TPSA) is 139 Å². The van der Waals surface area contributed by atoms with E-state index in [1.54, 1.807) is 18.2 Å². The Labute approximate surface area is 186 Å². The van der Waals surface area contributed by atoms with Gasteiger partial charge in [0.15, 0.2) is 5.96 Å². The van der Waals surface area contributed by atoms with E-state index in [0.717, 1.165) is 16.7 Å². The van der Waals surface area contributed by atoms with Crippen LogP contribution in [0.15, 0.2) is 82.7 Å². The summed E-state index contributed by atoms with van der Waals surface area (Å²) in [6.07, 6.45) is 0.396. The van der Waals surface area contributed by atoms with Gasteiger partial charge in [0.05, 0.1) is 16.3 Å². The second kappa shape index (κ2) is 9.52. The monoisotopic (exact) mass is 452 g/mol. The number of anilines is 1. The molecule has 5 N–H and O–H groups in total. The lowest BCUT2D eigenvalue weighted by atomic mass is 9.96. The maximum Gasteiger partial charge on any atom is 0.303 e. The van der Waals surface area contributed by atoms with Crippen molar-refractivity contribution in [3.63, 3.8) is 0 Å². The number of carboxylic acids is 1. The molecule has 0 saturated heterocycles. The van der Waals surface area contributed by atoms with Gasteiger partial charge in [-0.05, 0) is 59.5 Å². The fraction of sp³-hybridized carbons (Fsp3) is 0.130. The van der Waals surface area contributed by atoms with Gasteiger partial charge in [0.1, 0.15) is 0 Å². The van der Waals surface area contributed by atoms with Gasteiger partial charge in [-0.15, -0.1) is 0 Å². The molecule has 3 aromatic rings. The lowest BCUT2D eigenvalue weighted by molar-refractivity contribution is -0.136. The molecule has 0 fully saturated rings. The van der Waals surface area contributed by atoms with Crippen molar-refractivity contribution < 1.29 is 18.3 Å². The van der Waals surface area contributed by atoms with Crippen LogP contribution >= 0.6 is 0 Å². The molecule has 3 aromatic carbocycles. The zero-order chi connectivity index (χ0) is 23.3. The van der Waals surface area contributed by atoms with Gasteiger partial charge in [0, 0.05) is 13.5 Å². The van der Waals surface area contributed by atoms with Crippen molar-refractivity contribution in [1.82, 2.24) is 0 Å².